The van der Waals surface area contributed by atoms with Gasteiger partial charge in [0, 0.05) is 22.6 Å². The molecule has 0 radical (unpaired) electrons. The molecule has 0 aliphatic heterocycles. The van der Waals surface area contributed by atoms with E-state index in [2.05, 4.69) is 57.2 Å². The Morgan fingerprint density at radius 2 is 1.94 bits per heavy atom. The lowest BCUT2D eigenvalue weighted by atomic mass is 9.96. The molecule has 156 valence electrons. The molecule has 2 aromatic heterocycles. The Bertz CT molecular complexity index is 1260. The summed E-state index contributed by atoms with van der Waals surface area (Å²) in [7, 11) is 0. The van der Waals surface area contributed by atoms with Crippen molar-refractivity contribution >= 4 is 22.6 Å². The third kappa shape index (κ3) is 4.14. The van der Waals surface area contributed by atoms with E-state index in [1.54, 1.807) is 6.20 Å². The number of fused-ring (bicyclic) bond motifs is 1. The lowest BCUT2D eigenvalue weighted by molar-refractivity contribution is 0.250. The van der Waals surface area contributed by atoms with Crippen LogP contribution in [0.1, 0.15) is 38.2 Å². The van der Waals surface area contributed by atoms with Crippen molar-refractivity contribution in [2.45, 2.75) is 38.6 Å². The minimum absolute atomic E-state index is 0.0559. The van der Waals surface area contributed by atoms with E-state index in [1.807, 2.05) is 32.2 Å². The maximum atomic E-state index is 12.2. The van der Waals surface area contributed by atoms with Gasteiger partial charge >= 0.3 is 6.03 Å². The summed E-state index contributed by atoms with van der Waals surface area (Å²) in [6.45, 7) is 3.86. The number of urea groups is 1. The second-order valence-corrected chi connectivity index (χ2v) is 8.45. The maximum Gasteiger partial charge on any atom is 0.319 e. The highest BCUT2D eigenvalue weighted by molar-refractivity contribution is 5.93. The summed E-state index contributed by atoms with van der Waals surface area (Å²) in [5.74, 6) is 0.673. The van der Waals surface area contributed by atoms with E-state index in [4.69, 9.17) is 4.98 Å². The summed E-state index contributed by atoms with van der Waals surface area (Å²) < 4.78 is 0. The molecule has 31 heavy (non-hydrogen) atoms. The quantitative estimate of drug-likeness (QED) is 0.394. The van der Waals surface area contributed by atoms with E-state index in [9.17, 15) is 4.79 Å². The maximum absolute atomic E-state index is 12.2. The van der Waals surface area contributed by atoms with Crippen LogP contribution in [0, 0.1) is 0 Å². The Balaban J connectivity index is 1.59. The second kappa shape index (κ2) is 7.87. The van der Waals surface area contributed by atoms with Crippen LogP contribution in [0.25, 0.3) is 33.3 Å². The standard InChI is InChI=1S/C25H25N5O/c1-15(2)28-25(31)29-21-12-22(18-8-9-23-20(11-18)13-27-30-23)24(26-14-21)19-5-3-4-17(10-19)16-6-7-16/h3-5,8-16H,6-7H2,1-2H3,(H,27,30)(H2,28,29,31). The molecule has 1 saturated carbocycles. The van der Waals surface area contributed by atoms with Crippen molar-refractivity contribution in [3.05, 3.63) is 66.5 Å². The molecule has 4 aromatic rings. The van der Waals surface area contributed by atoms with Gasteiger partial charge in [0.1, 0.15) is 0 Å². The number of carbonyl (C=O) groups is 1. The number of pyridine rings is 1. The van der Waals surface area contributed by atoms with Crippen LogP contribution in [0.15, 0.2) is 60.9 Å². The summed E-state index contributed by atoms with van der Waals surface area (Å²) in [5, 5.41) is 13.9. The molecular formula is C25H25N5O. The Labute approximate surface area is 181 Å². The van der Waals surface area contributed by atoms with Gasteiger partial charge in [-0.1, -0.05) is 24.3 Å². The molecular weight excluding hydrogens is 386 g/mol. The Kier molecular flexibility index (Phi) is 4.90. The van der Waals surface area contributed by atoms with Gasteiger partial charge in [-0.2, -0.15) is 5.10 Å². The average Bonchev–Trinajstić information content (AvgIpc) is 3.50. The Morgan fingerprint density at radius 3 is 2.74 bits per heavy atom. The van der Waals surface area contributed by atoms with E-state index in [1.165, 1.54) is 18.4 Å². The lowest BCUT2D eigenvalue weighted by Gasteiger charge is -2.14. The number of amides is 2. The molecule has 3 N–H and O–H groups in total. The molecule has 6 nitrogen and oxygen atoms in total. The number of rotatable bonds is 5. The van der Waals surface area contributed by atoms with Gasteiger partial charge in [-0.15, -0.1) is 0 Å². The number of aromatic nitrogens is 3. The monoisotopic (exact) mass is 411 g/mol. The Hall–Kier alpha value is -3.67. The molecule has 0 spiro atoms. The highest BCUT2D eigenvalue weighted by atomic mass is 16.2. The zero-order valence-electron chi connectivity index (χ0n) is 17.6. The van der Waals surface area contributed by atoms with Gasteiger partial charge in [0.15, 0.2) is 0 Å². The average molecular weight is 412 g/mol. The summed E-state index contributed by atoms with van der Waals surface area (Å²) in [6, 6.07) is 16.6. The largest absolute Gasteiger partial charge is 0.336 e. The second-order valence-electron chi connectivity index (χ2n) is 8.45. The number of nitrogens with zero attached hydrogens (tertiary/aromatic N) is 2. The molecule has 5 rings (SSSR count). The molecule has 1 aliphatic rings. The number of nitrogens with one attached hydrogen (secondary N) is 3. The van der Waals surface area contributed by atoms with Crippen LogP contribution in [-0.4, -0.2) is 27.3 Å². The predicted octanol–water partition coefficient (Wildman–Crippen LogP) is 5.70. The third-order valence-electron chi connectivity index (χ3n) is 5.53. The number of carbonyl (C=O) groups excluding carboxylic acids is 1. The fraction of sp³-hybridized carbons (Fsp3) is 0.240. The first-order valence-electron chi connectivity index (χ1n) is 10.7. The molecule has 1 fully saturated rings. The summed E-state index contributed by atoms with van der Waals surface area (Å²) in [4.78, 5) is 17.0. The fourth-order valence-corrected chi connectivity index (χ4v) is 3.88. The van der Waals surface area contributed by atoms with Gasteiger partial charge < -0.3 is 10.6 Å². The van der Waals surface area contributed by atoms with E-state index < -0.39 is 0 Å². The summed E-state index contributed by atoms with van der Waals surface area (Å²) >= 11 is 0. The van der Waals surface area contributed by atoms with Gasteiger partial charge in [-0.25, -0.2) is 4.79 Å². The van der Waals surface area contributed by atoms with Crippen molar-refractivity contribution in [2.24, 2.45) is 0 Å². The molecule has 0 atom stereocenters. The van der Waals surface area contributed by atoms with Crippen LogP contribution in [0.5, 0.6) is 0 Å². The highest BCUT2D eigenvalue weighted by Crippen LogP contribution is 2.42. The van der Waals surface area contributed by atoms with Crippen LogP contribution < -0.4 is 10.6 Å². The molecule has 2 amide bonds. The number of anilines is 1. The first-order chi connectivity index (χ1) is 15.1. The van der Waals surface area contributed by atoms with Crippen LogP contribution in [0.2, 0.25) is 0 Å². The van der Waals surface area contributed by atoms with Crippen molar-refractivity contribution in [2.75, 3.05) is 5.32 Å². The van der Waals surface area contributed by atoms with Crippen LogP contribution >= 0.6 is 0 Å². The van der Waals surface area contributed by atoms with E-state index in [-0.39, 0.29) is 12.1 Å². The predicted molar refractivity (Wildman–Crippen MR) is 124 cm³/mol. The van der Waals surface area contributed by atoms with Gasteiger partial charge in [-0.3, -0.25) is 10.1 Å². The van der Waals surface area contributed by atoms with Crippen molar-refractivity contribution in [3.8, 4) is 22.4 Å². The first-order valence-corrected chi connectivity index (χ1v) is 10.7. The summed E-state index contributed by atoms with van der Waals surface area (Å²) in [6.07, 6.45) is 6.06. The Morgan fingerprint density at radius 1 is 1.06 bits per heavy atom. The zero-order chi connectivity index (χ0) is 21.4. The third-order valence-corrected chi connectivity index (χ3v) is 5.53. The lowest BCUT2D eigenvalue weighted by Crippen LogP contribution is -2.34. The SMILES string of the molecule is CC(C)NC(=O)Nc1cnc(-c2cccc(C3CC3)c2)c(-c2ccc3[nH]ncc3c2)c1. The molecule has 0 unspecified atom stereocenters. The van der Waals surface area contributed by atoms with Gasteiger partial charge in [0.05, 0.1) is 29.3 Å². The molecule has 0 bridgehead atoms. The van der Waals surface area contributed by atoms with Crippen LogP contribution in [0.4, 0.5) is 10.5 Å². The van der Waals surface area contributed by atoms with Crippen LogP contribution in [-0.2, 0) is 0 Å². The van der Waals surface area contributed by atoms with E-state index in [0.29, 0.717) is 11.6 Å². The topological polar surface area (TPSA) is 82.7 Å². The van der Waals surface area contributed by atoms with Crippen molar-refractivity contribution in [3.63, 3.8) is 0 Å². The van der Waals surface area contributed by atoms with Crippen LogP contribution in [0.3, 0.4) is 0 Å². The van der Waals surface area contributed by atoms with Crippen molar-refractivity contribution in [1.29, 1.82) is 0 Å². The minimum atomic E-state index is -0.239. The van der Waals surface area contributed by atoms with Crippen molar-refractivity contribution in [1.82, 2.24) is 20.5 Å². The van der Waals surface area contributed by atoms with Gasteiger partial charge in [-0.05, 0) is 68.0 Å². The molecule has 6 heteroatoms. The smallest absolute Gasteiger partial charge is 0.319 e. The number of benzene rings is 2. The molecule has 2 heterocycles. The molecule has 0 saturated heterocycles. The zero-order valence-corrected chi connectivity index (χ0v) is 17.6. The van der Waals surface area contributed by atoms with Gasteiger partial charge in [0.2, 0.25) is 0 Å². The number of H-pyrrole nitrogens is 1. The van der Waals surface area contributed by atoms with E-state index >= 15 is 0 Å². The summed E-state index contributed by atoms with van der Waals surface area (Å²) in [5.41, 5.74) is 7.00. The molecule has 2 aromatic carbocycles. The van der Waals surface area contributed by atoms with Crippen molar-refractivity contribution < 1.29 is 4.79 Å². The molecule has 1 aliphatic carbocycles. The number of hydrogen-bond acceptors (Lipinski definition) is 3. The highest BCUT2D eigenvalue weighted by Gasteiger charge is 2.24. The fourth-order valence-electron chi connectivity index (χ4n) is 3.88. The minimum Gasteiger partial charge on any atom is -0.336 e. The number of hydrogen-bond donors (Lipinski definition) is 3. The van der Waals surface area contributed by atoms with Gasteiger partial charge in [0.25, 0.3) is 0 Å². The first kappa shape index (κ1) is 19.3. The number of aromatic amines is 1. The normalized spacial score (nSPS) is 13.5. The van der Waals surface area contributed by atoms with E-state index in [0.717, 1.165) is 33.3 Å².